The second-order valence-corrected chi connectivity index (χ2v) is 11.2. The van der Waals surface area contributed by atoms with Crippen molar-refractivity contribution in [3.8, 4) is 0 Å². The second-order valence-electron chi connectivity index (χ2n) is 11.2. The molecule has 0 saturated heterocycles. The van der Waals surface area contributed by atoms with Gasteiger partial charge in [0.2, 0.25) is 0 Å². The lowest BCUT2D eigenvalue weighted by Gasteiger charge is -2.41. The highest BCUT2D eigenvalue weighted by atomic mass is 19.4. The number of aromatic nitrogens is 1. The summed E-state index contributed by atoms with van der Waals surface area (Å²) in [5, 5.41) is 22.6. The van der Waals surface area contributed by atoms with Gasteiger partial charge in [0.05, 0.1) is 23.0 Å². The van der Waals surface area contributed by atoms with E-state index in [2.05, 4.69) is 0 Å². The van der Waals surface area contributed by atoms with Gasteiger partial charge in [0.25, 0.3) is 0 Å². The van der Waals surface area contributed by atoms with Crippen molar-refractivity contribution in [2.45, 2.75) is 103 Å². The topological polar surface area (TPSA) is 62.6 Å². The van der Waals surface area contributed by atoms with Crippen LogP contribution in [-0.4, -0.2) is 15.2 Å². The molecule has 198 valence electrons. The molecule has 0 radical (unpaired) electrons. The van der Waals surface area contributed by atoms with E-state index in [9.17, 15) is 23.4 Å². The normalized spacial score (nSPS) is 27.3. The first-order valence-electron chi connectivity index (χ1n) is 12.7. The van der Waals surface area contributed by atoms with E-state index >= 15 is 4.39 Å². The SMILES string of the molecule is CCCC1(CC)O[C@H](c2ccc(C(F)(F)F)cc2F)c2c(C(C)C)nc3c(c21)C(O)CC(C)(C)[C@@H]3O. The number of hydrogen-bond donors (Lipinski definition) is 2. The molecule has 0 fully saturated rings. The fraction of sp³-hybridized carbons (Fsp3) is 0.607. The van der Waals surface area contributed by atoms with Crippen LogP contribution in [0.2, 0.25) is 0 Å². The summed E-state index contributed by atoms with van der Waals surface area (Å²) in [6.07, 6.45) is -5.37. The molecule has 2 N–H and O–H groups in total. The minimum Gasteiger partial charge on any atom is -0.388 e. The Labute approximate surface area is 209 Å². The Balaban J connectivity index is 2.06. The number of aliphatic hydroxyl groups excluding tert-OH is 2. The smallest absolute Gasteiger partial charge is 0.388 e. The molecule has 4 rings (SSSR count). The van der Waals surface area contributed by atoms with Gasteiger partial charge < -0.3 is 14.9 Å². The minimum atomic E-state index is -4.67. The average molecular weight is 510 g/mol. The lowest BCUT2D eigenvalue weighted by atomic mass is 9.68. The maximum atomic E-state index is 15.3. The van der Waals surface area contributed by atoms with Crippen molar-refractivity contribution < 1.29 is 32.5 Å². The van der Waals surface area contributed by atoms with Gasteiger partial charge in [-0.05, 0) is 48.3 Å². The van der Waals surface area contributed by atoms with Gasteiger partial charge >= 0.3 is 6.18 Å². The Morgan fingerprint density at radius 2 is 1.81 bits per heavy atom. The number of benzene rings is 1. The summed E-state index contributed by atoms with van der Waals surface area (Å²) in [6, 6.07) is 2.52. The number of pyridine rings is 1. The van der Waals surface area contributed by atoms with Gasteiger partial charge in [-0.3, -0.25) is 4.98 Å². The van der Waals surface area contributed by atoms with Crippen LogP contribution in [0.5, 0.6) is 0 Å². The van der Waals surface area contributed by atoms with Gasteiger partial charge in [0, 0.05) is 22.4 Å². The Bertz CT molecular complexity index is 1160. The number of nitrogens with zero attached hydrogens (tertiary/aromatic N) is 1. The van der Waals surface area contributed by atoms with E-state index in [-0.39, 0.29) is 11.5 Å². The molecule has 1 aliphatic carbocycles. The molecule has 1 aromatic heterocycles. The van der Waals surface area contributed by atoms with Crippen molar-refractivity contribution in [2.75, 3.05) is 0 Å². The molecule has 2 unspecified atom stereocenters. The van der Waals surface area contributed by atoms with Crippen LogP contribution in [0.4, 0.5) is 17.6 Å². The van der Waals surface area contributed by atoms with Crippen LogP contribution in [0.3, 0.4) is 0 Å². The van der Waals surface area contributed by atoms with Crippen LogP contribution in [0, 0.1) is 11.2 Å². The average Bonchev–Trinajstić information content (AvgIpc) is 3.11. The summed E-state index contributed by atoms with van der Waals surface area (Å²) in [4.78, 5) is 4.84. The van der Waals surface area contributed by atoms with Crippen LogP contribution in [0.1, 0.15) is 131 Å². The quantitative estimate of drug-likeness (QED) is 0.413. The first kappa shape index (κ1) is 27.0. The second kappa shape index (κ2) is 9.07. The Kier molecular flexibility index (Phi) is 6.80. The molecular formula is C28H35F4NO3. The van der Waals surface area contributed by atoms with Crippen LogP contribution < -0.4 is 0 Å². The Morgan fingerprint density at radius 1 is 1.14 bits per heavy atom. The summed E-state index contributed by atoms with van der Waals surface area (Å²) in [6.45, 7) is 11.6. The third-order valence-corrected chi connectivity index (χ3v) is 7.83. The van der Waals surface area contributed by atoms with Crippen molar-refractivity contribution in [3.05, 3.63) is 63.2 Å². The molecule has 0 saturated carbocycles. The zero-order valence-electron chi connectivity index (χ0n) is 21.6. The number of alkyl halides is 3. The summed E-state index contributed by atoms with van der Waals surface area (Å²) in [5.74, 6) is -1.14. The number of fused-ring (bicyclic) bond motifs is 3. The fourth-order valence-corrected chi connectivity index (χ4v) is 5.98. The molecule has 1 aliphatic heterocycles. The van der Waals surface area contributed by atoms with E-state index in [1.165, 1.54) is 0 Å². The molecular weight excluding hydrogens is 474 g/mol. The van der Waals surface area contributed by atoms with Gasteiger partial charge in [-0.2, -0.15) is 13.2 Å². The van der Waals surface area contributed by atoms with E-state index in [1.807, 2.05) is 41.5 Å². The summed E-state index contributed by atoms with van der Waals surface area (Å²) < 4.78 is 61.6. The first-order chi connectivity index (χ1) is 16.7. The van der Waals surface area contributed by atoms with E-state index in [4.69, 9.17) is 9.72 Å². The van der Waals surface area contributed by atoms with Crippen LogP contribution in [0.15, 0.2) is 18.2 Å². The monoisotopic (exact) mass is 509 g/mol. The molecule has 4 atom stereocenters. The highest BCUT2D eigenvalue weighted by molar-refractivity contribution is 5.55. The molecule has 1 aromatic carbocycles. The van der Waals surface area contributed by atoms with E-state index < -0.39 is 46.9 Å². The highest BCUT2D eigenvalue weighted by Gasteiger charge is 2.52. The Hall–Kier alpha value is -2.03. The van der Waals surface area contributed by atoms with E-state index in [0.29, 0.717) is 53.4 Å². The number of rotatable bonds is 5. The van der Waals surface area contributed by atoms with Crippen molar-refractivity contribution >= 4 is 0 Å². The van der Waals surface area contributed by atoms with Crippen LogP contribution >= 0.6 is 0 Å². The zero-order chi connectivity index (χ0) is 26.8. The third kappa shape index (κ3) is 4.15. The molecule has 2 heterocycles. The Morgan fingerprint density at radius 3 is 2.33 bits per heavy atom. The van der Waals surface area contributed by atoms with Crippen molar-refractivity contribution in [3.63, 3.8) is 0 Å². The number of ether oxygens (including phenoxy) is 1. The maximum Gasteiger partial charge on any atom is 0.416 e. The molecule has 2 aromatic rings. The fourth-order valence-electron chi connectivity index (χ4n) is 5.98. The first-order valence-corrected chi connectivity index (χ1v) is 12.7. The number of hydrogen-bond acceptors (Lipinski definition) is 4. The van der Waals surface area contributed by atoms with Crippen molar-refractivity contribution in [2.24, 2.45) is 5.41 Å². The predicted octanol–water partition coefficient (Wildman–Crippen LogP) is 7.38. The number of halogens is 4. The van der Waals surface area contributed by atoms with Gasteiger partial charge in [-0.25, -0.2) is 4.39 Å². The number of aliphatic hydroxyl groups is 2. The van der Waals surface area contributed by atoms with Crippen molar-refractivity contribution in [1.82, 2.24) is 4.98 Å². The lowest BCUT2D eigenvalue weighted by molar-refractivity contribution is -0.137. The molecule has 36 heavy (non-hydrogen) atoms. The third-order valence-electron chi connectivity index (χ3n) is 7.83. The van der Waals surface area contributed by atoms with Gasteiger partial charge in [0.1, 0.15) is 18.0 Å². The molecule has 2 aliphatic rings. The van der Waals surface area contributed by atoms with Crippen LogP contribution in [-0.2, 0) is 16.5 Å². The zero-order valence-corrected chi connectivity index (χ0v) is 21.6. The highest BCUT2D eigenvalue weighted by Crippen LogP contribution is 2.59. The van der Waals surface area contributed by atoms with Gasteiger partial charge in [-0.15, -0.1) is 0 Å². The van der Waals surface area contributed by atoms with E-state index in [1.54, 1.807) is 0 Å². The molecule has 0 spiro atoms. The molecule has 0 bridgehead atoms. The summed E-state index contributed by atoms with van der Waals surface area (Å²) >= 11 is 0. The summed E-state index contributed by atoms with van der Waals surface area (Å²) in [7, 11) is 0. The minimum absolute atomic E-state index is 0.00510. The lowest BCUT2D eigenvalue weighted by Crippen LogP contribution is -2.35. The summed E-state index contributed by atoms with van der Waals surface area (Å²) in [5.41, 5.74) is 0.275. The largest absolute Gasteiger partial charge is 0.416 e. The van der Waals surface area contributed by atoms with E-state index in [0.717, 1.165) is 18.6 Å². The predicted molar refractivity (Wildman–Crippen MR) is 128 cm³/mol. The van der Waals surface area contributed by atoms with Gasteiger partial charge in [0.15, 0.2) is 0 Å². The maximum absolute atomic E-state index is 15.3. The van der Waals surface area contributed by atoms with Crippen LogP contribution in [0.25, 0.3) is 0 Å². The van der Waals surface area contributed by atoms with Crippen molar-refractivity contribution in [1.29, 1.82) is 0 Å². The molecule has 4 nitrogen and oxygen atoms in total. The van der Waals surface area contributed by atoms with Gasteiger partial charge in [-0.1, -0.05) is 54.0 Å². The standard InChI is InChI=1S/C28H35F4NO3/c1-7-11-27(8-2)21-19-18(34)13-26(5,6)25(35)23(19)33-22(14(3)4)20(21)24(36-27)16-10-9-15(12-17(16)29)28(30,31)32/h9-10,12,14,18,24-25,34-35H,7-8,11,13H2,1-6H3/t18?,24-,25-,27?/m1/s1. The molecule has 8 heteroatoms. The molecule has 0 amide bonds.